The van der Waals surface area contributed by atoms with Gasteiger partial charge >= 0.3 is 0 Å². The summed E-state index contributed by atoms with van der Waals surface area (Å²) in [6.07, 6.45) is -1.41. The van der Waals surface area contributed by atoms with Crippen molar-refractivity contribution >= 4 is 11.6 Å². The molecule has 2 N–H and O–H groups in total. The van der Waals surface area contributed by atoms with Gasteiger partial charge in [-0.2, -0.15) is 0 Å². The van der Waals surface area contributed by atoms with Crippen molar-refractivity contribution < 1.29 is 18.3 Å². The summed E-state index contributed by atoms with van der Waals surface area (Å²) in [7, 11) is 1.50. The molecule has 1 atom stereocenters. The lowest BCUT2D eigenvalue weighted by Crippen LogP contribution is -2.19. The molecule has 0 spiro atoms. The molecule has 84 valence electrons. The molecule has 0 aliphatic rings. The number of rotatable bonds is 3. The molecule has 0 aliphatic carbocycles. The minimum atomic E-state index is -1.41. The van der Waals surface area contributed by atoms with Gasteiger partial charge in [-0.25, -0.2) is 13.2 Å². The molecule has 0 aliphatic heterocycles. The molecule has 6 heteroatoms. The van der Waals surface area contributed by atoms with Crippen LogP contribution in [0, 0.1) is 17.5 Å². The Hall–Kier alpha value is -0.780. The first-order chi connectivity index (χ1) is 6.99. The van der Waals surface area contributed by atoms with Crippen molar-refractivity contribution in [2.45, 2.75) is 6.10 Å². The van der Waals surface area contributed by atoms with Crippen LogP contribution in [0.2, 0.25) is 5.02 Å². The lowest BCUT2D eigenvalue weighted by atomic mass is 10.1. The van der Waals surface area contributed by atoms with Crippen LogP contribution in [0.4, 0.5) is 13.2 Å². The van der Waals surface area contributed by atoms with Crippen LogP contribution in [-0.2, 0) is 0 Å². The third kappa shape index (κ3) is 2.42. The van der Waals surface area contributed by atoms with Gasteiger partial charge in [-0.15, -0.1) is 0 Å². The molecule has 0 saturated carbocycles. The van der Waals surface area contributed by atoms with Crippen molar-refractivity contribution in [3.8, 4) is 0 Å². The summed E-state index contributed by atoms with van der Waals surface area (Å²) in [6.45, 7) is -0.0597. The van der Waals surface area contributed by atoms with Crippen LogP contribution < -0.4 is 5.32 Å². The van der Waals surface area contributed by atoms with Crippen LogP contribution in [0.3, 0.4) is 0 Å². The monoisotopic (exact) mass is 239 g/mol. The molecule has 1 aromatic carbocycles. The fraction of sp³-hybridized carbons (Fsp3) is 0.333. The van der Waals surface area contributed by atoms with Gasteiger partial charge < -0.3 is 10.4 Å². The van der Waals surface area contributed by atoms with Gasteiger partial charge in [-0.1, -0.05) is 11.6 Å². The van der Waals surface area contributed by atoms with E-state index < -0.39 is 34.1 Å². The Kier molecular flexibility index (Phi) is 3.96. The number of likely N-dealkylation sites (N-methyl/N-ethyl adjacent to an activating group) is 1. The number of hydrogen-bond acceptors (Lipinski definition) is 2. The van der Waals surface area contributed by atoms with E-state index in [1.807, 2.05) is 0 Å². The molecule has 0 heterocycles. The van der Waals surface area contributed by atoms with E-state index in [9.17, 15) is 18.3 Å². The van der Waals surface area contributed by atoms with Crippen LogP contribution in [-0.4, -0.2) is 18.7 Å². The summed E-state index contributed by atoms with van der Waals surface area (Å²) in [5.41, 5.74) is -0.629. The predicted molar refractivity (Wildman–Crippen MR) is 50.2 cm³/mol. The molecule has 0 bridgehead atoms. The first-order valence-corrected chi connectivity index (χ1v) is 4.52. The second-order valence-electron chi connectivity index (χ2n) is 2.96. The van der Waals surface area contributed by atoms with Crippen LogP contribution in [0.25, 0.3) is 0 Å². The SMILES string of the molecule is CNCC(O)c1c(F)cc(F)c(Cl)c1F. The van der Waals surface area contributed by atoms with Gasteiger partial charge in [-0.3, -0.25) is 0 Å². The Morgan fingerprint density at radius 3 is 2.53 bits per heavy atom. The highest BCUT2D eigenvalue weighted by Crippen LogP contribution is 2.28. The molecule has 1 rings (SSSR count). The largest absolute Gasteiger partial charge is 0.387 e. The minimum Gasteiger partial charge on any atom is -0.387 e. The zero-order chi connectivity index (χ0) is 11.6. The van der Waals surface area contributed by atoms with Crippen LogP contribution in [0.5, 0.6) is 0 Å². The fourth-order valence-electron chi connectivity index (χ4n) is 1.18. The number of hydrogen-bond donors (Lipinski definition) is 2. The third-order valence-electron chi connectivity index (χ3n) is 1.88. The predicted octanol–water partition coefficient (Wildman–Crippen LogP) is 2.01. The molecule has 1 unspecified atom stereocenters. The number of aliphatic hydroxyl groups excluding tert-OH is 1. The number of halogens is 4. The van der Waals surface area contributed by atoms with E-state index in [0.717, 1.165) is 0 Å². The van der Waals surface area contributed by atoms with Crippen molar-refractivity contribution in [3.05, 3.63) is 34.1 Å². The quantitative estimate of drug-likeness (QED) is 0.625. The molecule has 0 saturated heterocycles. The van der Waals surface area contributed by atoms with Crippen molar-refractivity contribution in [1.82, 2.24) is 5.32 Å². The normalized spacial score (nSPS) is 12.9. The van der Waals surface area contributed by atoms with E-state index in [-0.39, 0.29) is 6.54 Å². The second-order valence-corrected chi connectivity index (χ2v) is 3.33. The van der Waals surface area contributed by atoms with Gasteiger partial charge in [0.1, 0.15) is 16.7 Å². The number of nitrogens with one attached hydrogen (secondary N) is 1. The first-order valence-electron chi connectivity index (χ1n) is 4.14. The average Bonchev–Trinajstić information content (AvgIpc) is 2.15. The number of benzene rings is 1. The van der Waals surface area contributed by atoms with E-state index in [4.69, 9.17) is 11.6 Å². The Morgan fingerprint density at radius 2 is 2.00 bits per heavy atom. The Bertz CT molecular complexity index is 373. The first kappa shape index (κ1) is 12.3. The van der Waals surface area contributed by atoms with Crippen molar-refractivity contribution in [1.29, 1.82) is 0 Å². The van der Waals surface area contributed by atoms with Gasteiger partial charge in [0, 0.05) is 12.6 Å². The second kappa shape index (κ2) is 4.83. The highest BCUT2D eigenvalue weighted by molar-refractivity contribution is 6.30. The Labute approximate surface area is 89.7 Å². The highest BCUT2D eigenvalue weighted by Gasteiger charge is 2.22. The summed E-state index contributed by atoms with van der Waals surface area (Å²) in [5.74, 6) is -3.61. The van der Waals surface area contributed by atoms with E-state index in [1.165, 1.54) is 7.05 Å². The maximum absolute atomic E-state index is 13.3. The zero-order valence-electron chi connectivity index (χ0n) is 7.82. The summed E-state index contributed by atoms with van der Waals surface area (Å²) in [6, 6.07) is 0.444. The van der Waals surface area contributed by atoms with E-state index >= 15 is 0 Å². The lowest BCUT2D eigenvalue weighted by Gasteiger charge is -2.13. The molecule has 2 nitrogen and oxygen atoms in total. The van der Waals surface area contributed by atoms with Crippen LogP contribution in [0.1, 0.15) is 11.7 Å². The highest BCUT2D eigenvalue weighted by atomic mass is 35.5. The van der Waals surface area contributed by atoms with Gasteiger partial charge in [0.2, 0.25) is 0 Å². The smallest absolute Gasteiger partial charge is 0.153 e. The summed E-state index contributed by atoms with van der Waals surface area (Å²) in [5, 5.41) is 11.1. The molecule has 0 amide bonds. The standard InChI is InChI=1S/C9H9ClF3NO/c1-14-3-6(15)7-4(11)2-5(12)8(10)9(7)13/h2,6,14-15H,3H2,1H3. The third-order valence-corrected chi connectivity index (χ3v) is 2.23. The maximum atomic E-state index is 13.3. The zero-order valence-corrected chi connectivity index (χ0v) is 8.58. The van der Waals surface area contributed by atoms with Crippen molar-refractivity contribution in [3.63, 3.8) is 0 Å². The van der Waals surface area contributed by atoms with E-state index in [0.29, 0.717) is 6.07 Å². The van der Waals surface area contributed by atoms with Crippen molar-refractivity contribution in [2.24, 2.45) is 0 Å². The van der Waals surface area contributed by atoms with E-state index in [2.05, 4.69) is 5.32 Å². The maximum Gasteiger partial charge on any atom is 0.153 e. The summed E-state index contributed by atoms with van der Waals surface area (Å²) >= 11 is 5.25. The molecule has 0 fully saturated rings. The Balaban J connectivity index is 3.23. The molecular weight excluding hydrogens is 231 g/mol. The van der Waals surface area contributed by atoms with Crippen LogP contribution in [0.15, 0.2) is 6.07 Å². The fourth-order valence-corrected chi connectivity index (χ4v) is 1.34. The summed E-state index contributed by atoms with van der Waals surface area (Å²) < 4.78 is 39.2. The molecule has 0 radical (unpaired) electrons. The number of aliphatic hydroxyl groups is 1. The minimum absolute atomic E-state index is 0.0597. The molecular formula is C9H9ClF3NO. The van der Waals surface area contributed by atoms with Crippen LogP contribution >= 0.6 is 11.6 Å². The average molecular weight is 240 g/mol. The van der Waals surface area contributed by atoms with E-state index in [1.54, 1.807) is 0 Å². The van der Waals surface area contributed by atoms with Gasteiger partial charge in [0.25, 0.3) is 0 Å². The summed E-state index contributed by atoms with van der Waals surface area (Å²) in [4.78, 5) is 0. The van der Waals surface area contributed by atoms with Gasteiger partial charge in [0.05, 0.1) is 11.7 Å². The molecule has 0 aromatic heterocycles. The van der Waals surface area contributed by atoms with Gasteiger partial charge in [-0.05, 0) is 7.05 Å². The van der Waals surface area contributed by atoms with Crippen molar-refractivity contribution in [2.75, 3.05) is 13.6 Å². The Morgan fingerprint density at radius 1 is 1.40 bits per heavy atom. The molecule has 15 heavy (non-hydrogen) atoms. The lowest BCUT2D eigenvalue weighted by molar-refractivity contribution is 0.167. The topological polar surface area (TPSA) is 32.3 Å². The van der Waals surface area contributed by atoms with Gasteiger partial charge in [0.15, 0.2) is 5.82 Å². The molecule has 1 aromatic rings.